The van der Waals surface area contributed by atoms with Crippen LogP contribution in [0.3, 0.4) is 0 Å². The van der Waals surface area contributed by atoms with E-state index in [2.05, 4.69) is 10.2 Å². The number of aromatic nitrogens is 2. The molecule has 2 rings (SSSR count). The molecule has 1 aromatic heterocycles. The molecule has 1 aliphatic heterocycles. The number of hydrogen-bond acceptors (Lipinski definition) is 3. The molecule has 0 bridgehead atoms. The molecule has 4 nitrogen and oxygen atoms in total. The van der Waals surface area contributed by atoms with Gasteiger partial charge in [-0.25, -0.2) is 0 Å². The fraction of sp³-hybridized carbons (Fsp3) is 0.500. The number of hydrogen-bond donors (Lipinski definition) is 1. The molecule has 64 valence electrons. The van der Waals surface area contributed by atoms with Crippen LogP contribution in [0.5, 0.6) is 0 Å². The van der Waals surface area contributed by atoms with Crippen LogP contribution in [0.25, 0.3) is 0 Å². The van der Waals surface area contributed by atoms with Gasteiger partial charge in [-0.05, 0) is 13.0 Å². The van der Waals surface area contributed by atoms with Gasteiger partial charge in [-0.3, -0.25) is 5.32 Å². The Morgan fingerprint density at radius 3 is 3.25 bits per heavy atom. The van der Waals surface area contributed by atoms with Gasteiger partial charge in [0.2, 0.25) is 5.82 Å². The highest BCUT2D eigenvalue weighted by Gasteiger charge is 2.25. The summed E-state index contributed by atoms with van der Waals surface area (Å²) in [5.41, 5.74) is 1.97. The lowest BCUT2D eigenvalue weighted by molar-refractivity contribution is -0.571. The van der Waals surface area contributed by atoms with Gasteiger partial charge in [0.25, 0.3) is 0 Å². The summed E-state index contributed by atoms with van der Waals surface area (Å²) in [6.07, 6.45) is 0. The second-order valence-corrected chi connectivity index (χ2v) is 3.13. The van der Waals surface area contributed by atoms with Crippen molar-refractivity contribution >= 4 is 5.82 Å². The van der Waals surface area contributed by atoms with Crippen LogP contribution in [-0.4, -0.2) is 23.3 Å². The van der Waals surface area contributed by atoms with Gasteiger partial charge in [0.1, 0.15) is 0 Å². The van der Waals surface area contributed by atoms with E-state index in [1.54, 1.807) is 0 Å². The second-order valence-electron chi connectivity index (χ2n) is 3.13. The van der Waals surface area contributed by atoms with Gasteiger partial charge in [-0.15, -0.1) is 6.61 Å². The average molecular weight is 165 g/mol. The first-order valence-electron chi connectivity index (χ1n) is 4.07. The van der Waals surface area contributed by atoms with E-state index in [4.69, 9.17) is 0 Å². The third-order valence-corrected chi connectivity index (χ3v) is 2.21. The molecule has 0 saturated carbocycles. The Kier molecular flexibility index (Phi) is 1.78. The van der Waals surface area contributed by atoms with Gasteiger partial charge in [0, 0.05) is 11.5 Å². The summed E-state index contributed by atoms with van der Waals surface area (Å²) in [4.78, 5) is 0. The summed E-state index contributed by atoms with van der Waals surface area (Å²) >= 11 is 0. The molecule has 0 amide bonds. The predicted octanol–water partition coefficient (Wildman–Crippen LogP) is -1.56. The summed E-state index contributed by atoms with van der Waals surface area (Å²) in [6.45, 7) is 2.68. The lowest BCUT2D eigenvalue weighted by atomic mass is 10.0. The number of nitrogens with two attached hydrogens (primary N) is 1. The molecule has 0 aliphatic carbocycles. The van der Waals surface area contributed by atoms with Crippen LogP contribution in [0, 0.1) is 6.92 Å². The standard InChI is InChI=1S/C8H10N3O/c1-5-2-7-6(4-12)3-9-8(7)11-10-5/h2,6H,3-4H2,1H3,(H,9,11)/q-1/p+1. The van der Waals surface area contributed by atoms with Crippen molar-refractivity contribution in [2.24, 2.45) is 0 Å². The first-order chi connectivity index (χ1) is 5.81. The van der Waals surface area contributed by atoms with Crippen molar-refractivity contribution in [1.82, 2.24) is 10.2 Å². The van der Waals surface area contributed by atoms with E-state index in [1.807, 2.05) is 18.3 Å². The number of nitrogens with zero attached hydrogens (tertiary/aromatic N) is 2. The van der Waals surface area contributed by atoms with Crippen LogP contribution in [0.1, 0.15) is 17.2 Å². The van der Waals surface area contributed by atoms with E-state index in [0.29, 0.717) is 0 Å². The maximum Gasteiger partial charge on any atom is 0.247 e. The van der Waals surface area contributed by atoms with E-state index in [0.717, 1.165) is 23.6 Å². The molecule has 0 spiro atoms. The van der Waals surface area contributed by atoms with Gasteiger partial charge in [0.15, 0.2) is 0 Å². The largest absolute Gasteiger partial charge is 0.854 e. The third kappa shape index (κ3) is 1.09. The Hall–Kier alpha value is -1.00. The zero-order valence-electron chi connectivity index (χ0n) is 6.95. The van der Waals surface area contributed by atoms with Crippen molar-refractivity contribution < 1.29 is 10.4 Å². The SMILES string of the molecule is Cc1cc2c(nn1)[NH2+]CC2C[O-]. The Morgan fingerprint density at radius 2 is 2.50 bits per heavy atom. The van der Waals surface area contributed by atoms with E-state index in [-0.39, 0.29) is 12.5 Å². The highest BCUT2D eigenvalue weighted by atomic mass is 16.3. The molecule has 1 unspecified atom stereocenters. The molecular formula is C8H11N3O. The summed E-state index contributed by atoms with van der Waals surface area (Å²) in [6, 6.07) is 1.97. The fourth-order valence-electron chi connectivity index (χ4n) is 1.54. The van der Waals surface area contributed by atoms with Crippen molar-refractivity contribution in [2.75, 3.05) is 13.2 Å². The number of quaternary nitrogens is 1. The molecule has 1 aliphatic rings. The topological polar surface area (TPSA) is 65.5 Å². The molecule has 1 aromatic rings. The first kappa shape index (κ1) is 7.64. The molecule has 0 fully saturated rings. The lowest BCUT2D eigenvalue weighted by Crippen LogP contribution is -2.76. The Bertz CT molecular complexity index is 300. The van der Waals surface area contributed by atoms with E-state index in [9.17, 15) is 5.11 Å². The molecule has 12 heavy (non-hydrogen) atoms. The monoisotopic (exact) mass is 165 g/mol. The van der Waals surface area contributed by atoms with Gasteiger partial charge >= 0.3 is 0 Å². The second kappa shape index (κ2) is 2.80. The van der Waals surface area contributed by atoms with Crippen molar-refractivity contribution in [3.8, 4) is 0 Å². The van der Waals surface area contributed by atoms with Crippen LogP contribution in [0.2, 0.25) is 0 Å². The van der Waals surface area contributed by atoms with Crippen LogP contribution in [0.4, 0.5) is 5.82 Å². The van der Waals surface area contributed by atoms with E-state index < -0.39 is 0 Å². The zero-order valence-corrected chi connectivity index (χ0v) is 6.95. The molecule has 1 atom stereocenters. The molecule has 0 saturated heterocycles. The van der Waals surface area contributed by atoms with Gasteiger partial charge in [0.05, 0.1) is 12.2 Å². The van der Waals surface area contributed by atoms with Crippen molar-refractivity contribution in [3.05, 3.63) is 17.3 Å². The summed E-state index contributed by atoms with van der Waals surface area (Å²) in [5, 5.41) is 20.7. The van der Waals surface area contributed by atoms with Crippen LogP contribution < -0.4 is 10.4 Å². The van der Waals surface area contributed by atoms with Crippen LogP contribution >= 0.6 is 0 Å². The third-order valence-electron chi connectivity index (χ3n) is 2.21. The van der Waals surface area contributed by atoms with Crippen LogP contribution in [0.15, 0.2) is 6.07 Å². The van der Waals surface area contributed by atoms with Gasteiger partial charge in [-0.1, -0.05) is 5.10 Å². The Morgan fingerprint density at radius 1 is 1.67 bits per heavy atom. The van der Waals surface area contributed by atoms with Crippen molar-refractivity contribution in [2.45, 2.75) is 12.8 Å². The number of aryl methyl sites for hydroxylation is 1. The fourth-order valence-corrected chi connectivity index (χ4v) is 1.54. The number of rotatable bonds is 1. The highest BCUT2D eigenvalue weighted by molar-refractivity contribution is 5.37. The highest BCUT2D eigenvalue weighted by Crippen LogP contribution is 2.21. The molecule has 0 radical (unpaired) electrons. The Balaban J connectivity index is 2.42. The Labute approximate surface area is 70.6 Å². The molecule has 2 N–H and O–H groups in total. The van der Waals surface area contributed by atoms with E-state index >= 15 is 0 Å². The predicted molar refractivity (Wildman–Crippen MR) is 40.8 cm³/mol. The summed E-state index contributed by atoms with van der Waals surface area (Å²) in [7, 11) is 0. The minimum absolute atomic E-state index is 0.0470. The summed E-state index contributed by atoms with van der Waals surface area (Å²) in [5.74, 6) is 1.04. The normalized spacial score (nSPS) is 21.0. The van der Waals surface area contributed by atoms with E-state index in [1.165, 1.54) is 0 Å². The number of fused-ring (bicyclic) bond motifs is 1. The maximum atomic E-state index is 10.7. The maximum absolute atomic E-state index is 10.7. The zero-order chi connectivity index (χ0) is 8.55. The molecular weight excluding hydrogens is 154 g/mol. The smallest absolute Gasteiger partial charge is 0.247 e. The van der Waals surface area contributed by atoms with Crippen molar-refractivity contribution in [3.63, 3.8) is 0 Å². The van der Waals surface area contributed by atoms with Gasteiger partial charge < -0.3 is 5.11 Å². The van der Waals surface area contributed by atoms with Crippen molar-refractivity contribution in [1.29, 1.82) is 0 Å². The molecule has 2 heterocycles. The lowest BCUT2D eigenvalue weighted by Gasteiger charge is -2.09. The first-order valence-corrected chi connectivity index (χ1v) is 4.07. The van der Waals surface area contributed by atoms with Gasteiger partial charge in [-0.2, -0.15) is 5.10 Å². The average Bonchev–Trinajstić information content (AvgIpc) is 2.46. The summed E-state index contributed by atoms with van der Waals surface area (Å²) < 4.78 is 0. The minimum Gasteiger partial charge on any atom is -0.854 e. The minimum atomic E-state index is -0.0470. The van der Waals surface area contributed by atoms with Crippen LogP contribution in [-0.2, 0) is 0 Å². The quantitative estimate of drug-likeness (QED) is 0.547. The molecule has 4 heteroatoms. The molecule has 0 aromatic carbocycles.